The summed E-state index contributed by atoms with van der Waals surface area (Å²) >= 11 is 0. The zero-order chi connectivity index (χ0) is 12.9. The maximum Gasteiger partial charge on any atom is 0.417 e. The molecule has 0 fully saturated rings. The largest absolute Gasteiger partial charge is 0.417 e. The van der Waals surface area contributed by atoms with Crippen LogP contribution in [0.1, 0.15) is 37.9 Å². The molecule has 1 rings (SSSR count). The van der Waals surface area contributed by atoms with Crippen molar-refractivity contribution in [1.82, 2.24) is 10.3 Å². The van der Waals surface area contributed by atoms with Crippen molar-refractivity contribution >= 4 is 0 Å². The van der Waals surface area contributed by atoms with E-state index in [0.717, 1.165) is 25.1 Å². The van der Waals surface area contributed by atoms with E-state index in [0.29, 0.717) is 18.3 Å². The van der Waals surface area contributed by atoms with Crippen molar-refractivity contribution in [3.8, 4) is 0 Å². The molecule has 17 heavy (non-hydrogen) atoms. The Morgan fingerprint density at radius 2 is 2.06 bits per heavy atom. The zero-order valence-corrected chi connectivity index (χ0v) is 10.0. The third-order valence-electron chi connectivity index (χ3n) is 2.51. The molecule has 1 atom stereocenters. The Balaban J connectivity index is 2.51. The van der Waals surface area contributed by atoms with E-state index in [-0.39, 0.29) is 0 Å². The Hall–Kier alpha value is -1.10. The highest BCUT2D eigenvalue weighted by molar-refractivity contribution is 5.16. The van der Waals surface area contributed by atoms with Crippen molar-refractivity contribution in [3.05, 3.63) is 29.6 Å². The Morgan fingerprint density at radius 3 is 2.53 bits per heavy atom. The van der Waals surface area contributed by atoms with Gasteiger partial charge in [0.05, 0.1) is 11.3 Å². The van der Waals surface area contributed by atoms with Gasteiger partial charge in [-0.25, -0.2) is 0 Å². The molecule has 1 heterocycles. The summed E-state index contributed by atoms with van der Waals surface area (Å²) < 4.78 is 36.8. The second-order valence-electron chi connectivity index (χ2n) is 4.11. The number of aromatic nitrogens is 1. The first-order valence-electron chi connectivity index (χ1n) is 5.69. The molecule has 0 amide bonds. The predicted molar refractivity (Wildman–Crippen MR) is 60.4 cm³/mol. The SMILES string of the molecule is CCCC(C)NCc1ccc(C(F)(F)F)cn1. The fourth-order valence-electron chi connectivity index (χ4n) is 1.51. The van der Waals surface area contributed by atoms with Crippen LogP contribution < -0.4 is 5.32 Å². The lowest BCUT2D eigenvalue weighted by Gasteiger charge is -2.12. The van der Waals surface area contributed by atoms with Gasteiger partial charge in [0.1, 0.15) is 0 Å². The normalized spacial score (nSPS) is 13.7. The molecule has 1 aromatic rings. The summed E-state index contributed by atoms with van der Waals surface area (Å²) in [5.41, 5.74) is -0.0798. The van der Waals surface area contributed by atoms with Crippen LogP contribution in [0.4, 0.5) is 13.2 Å². The predicted octanol–water partition coefficient (Wildman–Crippen LogP) is 3.38. The number of nitrogens with zero attached hydrogens (tertiary/aromatic N) is 1. The molecule has 0 aliphatic rings. The first kappa shape index (κ1) is 14.0. The van der Waals surface area contributed by atoms with Crippen LogP contribution in [0.15, 0.2) is 18.3 Å². The summed E-state index contributed by atoms with van der Waals surface area (Å²) in [5, 5.41) is 3.21. The van der Waals surface area contributed by atoms with E-state index in [9.17, 15) is 13.2 Å². The lowest BCUT2D eigenvalue weighted by Crippen LogP contribution is -2.25. The molecular formula is C12H17F3N2. The average molecular weight is 246 g/mol. The Labute approximate surface area is 99.3 Å². The minimum Gasteiger partial charge on any atom is -0.309 e. The maximum atomic E-state index is 12.3. The molecule has 0 spiro atoms. The smallest absolute Gasteiger partial charge is 0.309 e. The number of alkyl halides is 3. The molecule has 1 aromatic heterocycles. The van der Waals surface area contributed by atoms with Gasteiger partial charge in [-0.3, -0.25) is 4.98 Å². The van der Waals surface area contributed by atoms with Crippen molar-refractivity contribution in [2.45, 2.75) is 45.5 Å². The van der Waals surface area contributed by atoms with E-state index in [2.05, 4.69) is 17.2 Å². The third kappa shape index (κ3) is 4.73. The Morgan fingerprint density at radius 1 is 1.35 bits per heavy atom. The molecule has 1 unspecified atom stereocenters. The van der Waals surface area contributed by atoms with E-state index in [4.69, 9.17) is 0 Å². The molecular weight excluding hydrogens is 229 g/mol. The van der Waals surface area contributed by atoms with Gasteiger partial charge in [-0.2, -0.15) is 13.2 Å². The zero-order valence-electron chi connectivity index (χ0n) is 10.0. The second-order valence-corrected chi connectivity index (χ2v) is 4.11. The molecule has 0 saturated carbocycles. The van der Waals surface area contributed by atoms with E-state index in [1.807, 2.05) is 6.92 Å². The molecule has 0 radical (unpaired) electrons. The van der Waals surface area contributed by atoms with E-state index in [1.165, 1.54) is 6.07 Å². The molecule has 0 aromatic carbocycles. The summed E-state index contributed by atoms with van der Waals surface area (Å²) in [5.74, 6) is 0. The Bertz CT molecular complexity index is 333. The van der Waals surface area contributed by atoms with Crippen LogP contribution in [-0.2, 0) is 12.7 Å². The number of hydrogen-bond acceptors (Lipinski definition) is 2. The van der Waals surface area contributed by atoms with Crippen LogP contribution in [0.2, 0.25) is 0 Å². The topological polar surface area (TPSA) is 24.9 Å². The molecule has 1 N–H and O–H groups in total. The lowest BCUT2D eigenvalue weighted by molar-refractivity contribution is -0.137. The van der Waals surface area contributed by atoms with Gasteiger partial charge in [-0.05, 0) is 25.5 Å². The highest BCUT2D eigenvalue weighted by Gasteiger charge is 2.30. The minimum atomic E-state index is -4.31. The quantitative estimate of drug-likeness (QED) is 0.861. The third-order valence-corrected chi connectivity index (χ3v) is 2.51. The first-order valence-corrected chi connectivity index (χ1v) is 5.69. The highest BCUT2D eigenvalue weighted by Crippen LogP contribution is 2.28. The molecule has 5 heteroatoms. The number of hydrogen-bond donors (Lipinski definition) is 1. The van der Waals surface area contributed by atoms with Gasteiger partial charge in [0, 0.05) is 18.8 Å². The van der Waals surface area contributed by atoms with Gasteiger partial charge in [0.25, 0.3) is 0 Å². The van der Waals surface area contributed by atoms with Crippen molar-refractivity contribution in [2.24, 2.45) is 0 Å². The summed E-state index contributed by atoms with van der Waals surface area (Å²) in [6, 6.07) is 2.83. The average Bonchev–Trinajstić information content (AvgIpc) is 2.26. The van der Waals surface area contributed by atoms with Crippen LogP contribution in [-0.4, -0.2) is 11.0 Å². The van der Waals surface area contributed by atoms with Crippen LogP contribution in [0, 0.1) is 0 Å². The fourth-order valence-corrected chi connectivity index (χ4v) is 1.51. The van der Waals surface area contributed by atoms with E-state index < -0.39 is 11.7 Å². The summed E-state index contributed by atoms with van der Waals surface area (Å²) in [6.45, 7) is 4.64. The summed E-state index contributed by atoms with van der Waals surface area (Å²) in [7, 11) is 0. The van der Waals surface area contributed by atoms with Gasteiger partial charge in [0.15, 0.2) is 0 Å². The standard InChI is InChI=1S/C12H17F3N2/c1-3-4-9(2)16-8-11-6-5-10(7-17-11)12(13,14)15/h5-7,9,16H,3-4,8H2,1-2H3. The summed E-state index contributed by atoms with van der Waals surface area (Å²) in [4.78, 5) is 3.79. The van der Waals surface area contributed by atoms with Crippen molar-refractivity contribution in [1.29, 1.82) is 0 Å². The molecule has 0 bridgehead atoms. The first-order chi connectivity index (χ1) is 7.93. The van der Waals surface area contributed by atoms with Crippen molar-refractivity contribution in [2.75, 3.05) is 0 Å². The molecule has 0 aliphatic carbocycles. The van der Waals surface area contributed by atoms with Crippen LogP contribution >= 0.6 is 0 Å². The molecule has 2 nitrogen and oxygen atoms in total. The molecule has 0 aliphatic heterocycles. The fraction of sp³-hybridized carbons (Fsp3) is 0.583. The highest BCUT2D eigenvalue weighted by atomic mass is 19.4. The van der Waals surface area contributed by atoms with Crippen LogP contribution in [0.25, 0.3) is 0 Å². The monoisotopic (exact) mass is 246 g/mol. The van der Waals surface area contributed by atoms with Gasteiger partial charge >= 0.3 is 6.18 Å². The molecule has 0 saturated heterocycles. The van der Waals surface area contributed by atoms with Crippen LogP contribution in [0.3, 0.4) is 0 Å². The van der Waals surface area contributed by atoms with Gasteiger partial charge < -0.3 is 5.32 Å². The van der Waals surface area contributed by atoms with Gasteiger partial charge in [0.2, 0.25) is 0 Å². The van der Waals surface area contributed by atoms with Gasteiger partial charge in [-0.1, -0.05) is 13.3 Å². The van der Waals surface area contributed by atoms with Crippen LogP contribution in [0.5, 0.6) is 0 Å². The van der Waals surface area contributed by atoms with Gasteiger partial charge in [-0.15, -0.1) is 0 Å². The minimum absolute atomic E-state index is 0.351. The maximum absolute atomic E-state index is 12.3. The number of halogens is 3. The Kier molecular flexibility index (Phi) is 4.93. The number of nitrogens with one attached hydrogen (secondary N) is 1. The van der Waals surface area contributed by atoms with Crippen molar-refractivity contribution in [3.63, 3.8) is 0 Å². The lowest BCUT2D eigenvalue weighted by atomic mass is 10.2. The van der Waals surface area contributed by atoms with E-state index in [1.54, 1.807) is 0 Å². The molecule has 96 valence electrons. The van der Waals surface area contributed by atoms with E-state index >= 15 is 0 Å². The van der Waals surface area contributed by atoms with Crippen molar-refractivity contribution < 1.29 is 13.2 Å². The summed E-state index contributed by atoms with van der Waals surface area (Å²) in [6.07, 6.45) is -1.31. The number of rotatable bonds is 5. The second kappa shape index (κ2) is 6.00. The number of pyridine rings is 1.